The van der Waals surface area contributed by atoms with E-state index in [1.165, 1.54) is 69.6 Å². The molecule has 4 aliphatic carbocycles. The lowest BCUT2D eigenvalue weighted by molar-refractivity contribution is 0.103. The quantitative estimate of drug-likeness (QED) is 0.584. The number of nitrogens with one attached hydrogen (secondary N) is 1. The number of fused-ring (bicyclic) bond motifs is 4. The highest BCUT2D eigenvalue weighted by Gasteiger charge is 2.39. The standard InChI is InChI=1S/C27H38N2O/c1-19(2)21-4-7-24(8-5-21)30-25-9-10-26-22(17-25)3-6-23(29-26)18-28-27-14-11-20(12-15-27)13-16-27/h3,6,9-10,17,19-21,24,28H,4-5,7-8,11-16,18H2,1-2H3. The average Bonchev–Trinajstić information content (AvgIpc) is 2.79. The Bertz CT molecular complexity index is 847. The van der Waals surface area contributed by atoms with E-state index in [1.54, 1.807) is 0 Å². The number of hydrogen-bond donors (Lipinski definition) is 1. The molecule has 6 rings (SSSR count). The van der Waals surface area contributed by atoms with Crippen LogP contribution in [-0.4, -0.2) is 16.6 Å². The predicted molar refractivity (Wildman–Crippen MR) is 124 cm³/mol. The minimum Gasteiger partial charge on any atom is -0.490 e. The molecule has 30 heavy (non-hydrogen) atoms. The smallest absolute Gasteiger partial charge is 0.120 e. The number of rotatable bonds is 6. The zero-order valence-corrected chi connectivity index (χ0v) is 18.8. The van der Waals surface area contributed by atoms with Crippen LogP contribution in [0.5, 0.6) is 5.75 Å². The van der Waals surface area contributed by atoms with Gasteiger partial charge >= 0.3 is 0 Å². The van der Waals surface area contributed by atoms with Crippen LogP contribution in [0.15, 0.2) is 30.3 Å². The van der Waals surface area contributed by atoms with Gasteiger partial charge in [0.15, 0.2) is 0 Å². The molecule has 4 saturated carbocycles. The molecule has 2 aromatic rings. The molecule has 1 heterocycles. The second kappa shape index (κ2) is 8.49. The van der Waals surface area contributed by atoms with Gasteiger partial charge in [0, 0.05) is 17.5 Å². The van der Waals surface area contributed by atoms with Crippen LogP contribution < -0.4 is 10.1 Å². The number of ether oxygens (including phenoxy) is 1. The Kier molecular flexibility index (Phi) is 5.75. The Labute approximate surface area is 182 Å². The summed E-state index contributed by atoms with van der Waals surface area (Å²) < 4.78 is 6.34. The van der Waals surface area contributed by atoms with E-state index in [-0.39, 0.29) is 0 Å². The van der Waals surface area contributed by atoms with E-state index in [0.29, 0.717) is 11.6 Å². The molecule has 3 heteroatoms. The highest BCUT2D eigenvalue weighted by atomic mass is 16.5. The third-order valence-electron chi connectivity index (χ3n) is 8.42. The van der Waals surface area contributed by atoms with Gasteiger partial charge in [0.05, 0.1) is 17.3 Å². The van der Waals surface area contributed by atoms with Crippen molar-refractivity contribution in [2.45, 2.75) is 96.2 Å². The molecule has 0 radical (unpaired) electrons. The number of hydrogen-bond acceptors (Lipinski definition) is 3. The maximum absolute atomic E-state index is 6.34. The molecular weight excluding hydrogens is 368 g/mol. The first-order valence-corrected chi connectivity index (χ1v) is 12.4. The lowest BCUT2D eigenvalue weighted by atomic mass is 9.66. The summed E-state index contributed by atoms with van der Waals surface area (Å²) in [6, 6.07) is 10.8. The van der Waals surface area contributed by atoms with Crippen LogP contribution in [-0.2, 0) is 6.54 Å². The van der Waals surface area contributed by atoms with Gasteiger partial charge in [0.1, 0.15) is 5.75 Å². The van der Waals surface area contributed by atoms with Crippen molar-refractivity contribution >= 4 is 10.9 Å². The van der Waals surface area contributed by atoms with Gasteiger partial charge in [-0.15, -0.1) is 0 Å². The van der Waals surface area contributed by atoms with Gasteiger partial charge in [-0.05, 0) is 106 Å². The highest BCUT2D eigenvalue weighted by molar-refractivity contribution is 5.80. The van der Waals surface area contributed by atoms with Crippen molar-refractivity contribution in [1.29, 1.82) is 0 Å². The molecule has 4 aliphatic rings. The van der Waals surface area contributed by atoms with Crippen LogP contribution in [0.1, 0.15) is 83.7 Å². The molecule has 4 fully saturated rings. The fraction of sp³-hybridized carbons (Fsp3) is 0.667. The zero-order valence-electron chi connectivity index (χ0n) is 18.8. The van der Waals surface area contributed by atoms with Crippen LogP contribution in [0.3, 0.4) is 0 Å². The van der Waals surface area contributed by atoms with Crippen LogP contribution >= 0.6 is 0 Å². The van der Waals surface area contributed by atoms with Crippen LogP contribution in [0.2, 0.25) is 0 Å². The van der Waals surface area contributed by atoms with Crippen molar-refractivity contribution in [2.24, 2.45) is 17.8 Å². The molecule has 2 bridgehead atoms. The van der Waals surface area contributed by atoms with Gasteiger partial charge in [0.25, 0.3) is 0 Å². The molecule has 0 unspecified atom stereocenters. The molecule has 3 nitrogen and oxygen atoms in total. The number of nitrogens with zero attached hydrogens (tertiary/aromatic N) is 1. The lowest BCUT2D eigenvalue weighted by Gasteiger charge is -2.47. The summed E-state index contributed by atoms with van der Waals surface area (Å²) in [5, 5.41) is 5.08. The van der Waals surface area contributed by atoms with E-state index in [9.17, 15) is 0 Å². The van der Waals surface area contributed by atoms with E-state index in [1.807, 2.05) is 0 Å². The van der Waals surface area contributed by atoms with Crippen molar-refractivity contribution in [3.63, 3.8) is 0 Å². The molecule has 0 atom stereocenters. The molecule has 0 spiro atoms. The van der Waals surface area contributed by atoms with Gasteiger partial charge in [-0.1, -0.05) is 19.9 Å². The SMILES string of the molecule is CC(C)C1CCC(Oc2ccc3nc(CNC45CCC(CC4)CC5)ccc3c2)CC1. The Morgan fingerprint density at radius 3 is 2.40 bits per heavy atom. The minimum absolute atomic E-state index is 0.374. The molecule has 0 amide bonds. The maximum atomic E-state index is 6.34. The Balaban J connectivity index is 1.20. The third kappa shape index (κ3) is 4.37. The van der Waals surface area contributed by atoms with Crippen LogP contribution in [0.25, 0.3) is 10.9 Å². The van der Waals surface area contributed by atoms with Crippen molar-refractivity contribution in [1.82, 2.24) is 10.3 Å². The number of benzene rings is 1. The first kappa shape index (κ1) is 20.3. The number of aromatic nitrogens is 1. The van der Waals surface area contributed by atoms with E-state index < -0.39 is 0 Å². The Morgan fingerprint density at radius 1 is 0.967 bits per heavy atom. The van der Waals surface area contributed by atoms with Crippen molar-refractivity contribution in [3.8, 4) is 5.75 Å². The molecule has 0 saturated heterocycles. The van der Waals surface area contributed by atoms with Gasteiger partial charge < -0.3 is 10.1 Å². The second-order valence-electron chi connectivity index (χ2n) is 10.7. The monoisotopic (exact) mass is 406 g/mol. The van der Waals surface area contributed by atoms with Gasteiger partial charge in [-0.25, -0.2) is 0 Å². The summed E-state index contributed by atoms with van der Waals surface area (Å²) in [7, 11) is 0. The Hall–Kier alpha value is -1.61. The van der Waals surface area contributed by atoms with E-state index in [0.717, 1.165) is 41.3 Å². The average molecular weight is 407 g/mol. The van der Waals surface area contributed by atoms with Crippen molar-refractivity contribution in [2.75, 3.05) is 0 Å². The minimum atomic E-state index is 0.374. The summed E-state index contributed by atoms with van der Waals surface area (Å²) in [6.45, 7) is 5.59. The summed E-state index contributed by atoms with van der Waals surface area (Å²) in [5.74, 6) is 3.69. The largest absolute Gasteiger partial charge is 0.490 e. The fourth-order valence-electron chi connectivity index (χ4n) is 6.18. The molecule has 1 N–H and O–H groups in total. The molecule has 1 aromatic heterocycles. The fourth-order valence-corrected chi connectivity index (χ4v) is 6.18. The second-order valence-corrected chi connectivity index (χ2v) is 10.7. The number of pyridine rings is 1. The summed E-state index contributed by atoms with van der Waals surface area (Å²) in [4.78, 5) is 4.94. The summed E-state index contributed by atoms with van der Waals surface area (Å²) in [6.07, 6.45) is 13.7. The van der Waals surface area contributed by atoms with Crippen molar-refractivity contribution < 1.29 is 4.74 Å². The molecule has 0 aliphatic heterocycles. The molecule has 162 valence electrons. The van der Waals surface area contributed by atoms with E-state index in [4.69, 9.17) is 9.72 Å². The topological polar surface area (TPSA) is 34.1 Å². The summed E-state index contributed by atoms with van der Waals surface area (Å²) >= 11 is 0. The summed E-state index contributed by atoms with van der Waals surface area (Å²) in [5.41, 5.74) is 2.62. The first-order valence-electron chi connectivity index (χ1n) is 12.4. The molecular formula is C27H38N2O. The van der Waals surface area contributed by atoms with Gasteiger partial charge in [-0.2, -0.15) is 0 Å². The van der Waals surface area contributed by atoms with E-state index >= 15 is 0 Å². The molecule has 1 aromatic carbocycles. The van der Waals surface area contributed by atoms with E-state index in [2.05, 4.69) is 49.5 Å². The first-order chi connectivity index (χ1) is 14.6. The van der Waals surface area contributed by atoms with Crippen LogP contribution in [0, 0.1) is 17.8 Å². The van der Waals surface area contributed by atoms with Crippen LogP contribution in [0.4, 0.5) is 0 Å². The Morgan fingerprint density at radius 2 is 1.70 bits per heavy atom. The predicted octanol–water partition coefficient (Wildman–Crippen LogP) is 6.64. The highest BCUT2D eigenvalue weighted by Crippen LogP contribution is 2.44. The zero-order chi connectivity index (χ0) is 20.6. The maximum Gasteiger partial charge on any atom is 0.120 e. The van der Waals surface area contributed by atoms with Crippen molar-refractivity contribution in [3.05, 3.63) is 36.0 Å². The van der Waals surface area contributed by atoms with Gasteiger partial charge in [0.2, 0.25) is 0 Å². The normalized spacial score (nSPS) is 31.4. The third-order valence-corrected chi connectivity index (χ3v) is 8.42. The lowest BCUT2D eigenvalue weighted by Crippen LogP contribution is -2.51. The van der Waals surface area contributed by atoms with Gasteiger partial charge in [-0.3, -0.25) is 4.98 Å².